The van der Waals surface area contributed by atoms with Crippen LogP contribution in [0.15, 0.2) is 102 Å². The molecule has 4 aromatic rings. The van der Waals surface area contributed by atoms with Crippen LogP contribution in [0.3, 0.4) is 0 Å². The van der Waals surface area contributed by atoms with Crippen molar-refractivity contribution in [3.05, 3.63) is 130 Å². The average Bonchev–Trinajstić information content (AvgIpc) is 3.02. The third kappa shape index (κ3) is 9.64. The van der Waals surface area contributed by atoms with Gasteiger partial charge in [0.05, 0.1) is 21.2 Å². The molecule has 0 radical (unpaired) electrons. The monoisotopic (exact) mass is 713 g/mol. The first-order valence-corrected chi connectivity index (χ1v) is 17.3. The predicted octanol–water partition coefficient (Wildman–Crippen LogP) is 7.73. The van der Waals surface area contributed by atoms with Crippen LogP contribution in [-0.4, -0.2) is 43.3 Å². The van der Waals surface area contributed by atoms with Gasteiger partial charge in [0.25, 0.3) is 10.0 Å². The van der Waals surface area contributed by atoms with Crippen LogP contribution in [0.25, 0.3) is 0 Å². The Morgan fingerprint density at radius 1 is 0.857 bits per heavy atom. The lowest BCUT2D eigenvalue weighted by Gasteiger charge is -2.35. The third-order valence-electron chi connectivity index (χ3n) is 7.80. The summed E-state index contributed by atoms with van der Waals surface area (Å²) in [7, 11) is -4.61. The van der Waals surface area contributed by atoms with Gasteiger partial charge in [-0.3, -0.25) is 13.9 Å². The number of amides is 2. The number of nitrogens with zero attached hydrogens (tertiary/aromatic N) is 2. The number of sulfonamides is 1. The summed E-state index contributed by atoms with van der Waals surface area (Å²) in [5.74, 6) is -1.27. The Kier molecular flexibility index (Phi) is 11.5. The van der Waals surface area contributed by atoms with E-state index >= 15 is 0 Å². The fourth-order valence-corrected chi connectivity index (χ4v) is 6.86. The van der Waals surface area contributed by atoms with Gasteiger partial charge >= 0.3 is 6.18 Å². The molecule has 0 unspecified atom stereocenters. The Bertz CT molecular complexity index is 1890. The molecule has 12 heteroatoms. The largest absolute Gasteiger partial charge is 0.417 e. The smallest absolute Gasteiger partial charge is 0.350 e. The number of carbonyl (C=O) groups is 2. The second kappa shape index (κ2) is 15.0. The van der Waals surface area contributed by atoms with Crippen LogP contribution in [0.4, 0.5) is 18.9 Å². The van der Waals surface area contributed by atoms with Crippen LogP contribution in [0.1, 0.15) is 48.6 Å². The van der Waals surface area contributed by atoms with Gasteiger partial charge in [-0.25, -0.2) is 8.42 Å². The van der Waals surface area contributed by atoms with E-state index < -0.39 is 62.4 Å². The Morgan fingerprint density at radius 2 is 1.47 bits per heavy atom. The molecule has 0 aliphatic carbocycles. The molecule has 4 aromatic carbocycles. The topological polar surface area (TPSA) is 86.8 Å². The van der Waals surface area contributed by atoms with Crippen LogP contribution in [0.5, 0.6) is 0 Å². The highest BCUT2D eigenvalue weighted by atomic mass is 35.5. The zero-order valence-corrected chi connectivity index (χ0v) is 29.5. The number of anilines is 1. The van der Waals surface area contributed by atoms with Crippen molar-refractivity contribution in [1.82, 2.24) is 10.2 Å². The number of aryl methyl sites for hydroxylation is 2. The minimum absolute atomic E-state index is 0.0760. The summed E-state index contributed by atoms with van der Waals surface area (Å²) in [5.41, 5.74) is 0.678. The van der Waals surface area contributed by atoms with Crippen LogP contribution in [0.2, 0.25) is 5.02 Å². The molecule has 7 nitrogen and oxygen atoms in total. The van der Waals surface area contributed by atoms with Gasteiger partial charge in [0.2, 0.25) is 11.8 Å². The molecule has 0 spiro atoms. The van der Waals surface area contributed by atoms with E-state index in [9.17, 15) is 31.2 Å². The molecule has 0 heterocycles. The van der Waals surface area contributed by atoms with Crippen molar-refractivity contribution in [3.8, 4) is 0 Å². The van der Waals surface area contributed by atoms with Crippen molar-refractivity contribution in [3.63, 3.8) is 0 Å². The van der Waals surface area contributed by atoms with E-state index in [-0.39, 0.29) is 17.9 Å². The lowest BCUT2D eigenvalue weighted by atomic mass is 10.00. The summed E-state index contributed by atoms with van der Waals surface area (Å²) < 4.78 is 71.0. The zero-order chi connectivity index (χ0) is 36.1. The number of carbonyl (C=O) groups excluding carboxylic acids is 2. The van der Waals surface area contributed by atoms with E-state index in [1.807, 2.05) is 37.3 Å². The molecular weight excluding hydrogens is 675 g/mol. The van der Waals surface area contributed by atoms with E-state index in [0.717, 1.165) is 28.8 Å². The second-order valence-electron chi connectivity index (χ2n) is 12.9. The standard InChI is InChI=1S/C37H39ClF3N3O4S/c1-25-15-18-30(19-16-25)49(47,48)44(29-17-20-32(38)31(22-29)37(39,40)41)24-34(45)43(23-28-14-10-9-11-26(28)2)33(35(46)42-36(3,4)5)21-27-12-7-6-8-13-27/h6-20,22,33H,21,23-24H2,1-5H3,(H,42,46)/t33-/m1/s1. The molecule has 0 aromatic heterocycles. The number of nitrogens with one attached hydrogen (secondary N) is 1. The minimum Gasteiger partial charge on any atom is -0.350 e. The van der Waals surface area contributed by atoms with Crippen LogP contribution >= 0.6 is 11.6 Å². The number of halogens is 4. The quantitative estimate of drug-likeness (QED) is 0.173. The van der Waals surface area contributed by atoms with Crippen molar-refractivity contribution in [1.29, 1.82) is 0 Å². The van der Waals surface area contributed by atoms with Gasteiger partial charge in [-0.15, -0.1) is 0 Å². The van der Waals surface area contributed by atoms with Crippen molar-refractivity contribution >= 4 is 39.1 Å². The zero-order valence-electron chi connectivity index (χ0n) is 27.9. The first-order chi connectivity index (χ1) is 22.9. The fraction of sp³-hybridized carbons (Fsp3) is 0.297. The fourth-order valence-electron chi connectivity index (χ4n) is 5.23. The van der Waals surface area contributed by atoms with E-state index in [1.165, 1.54) is 17.0 Å². The lowest BCUT2D eigenvalue weighted by molar-refractivity contribution is -0.140. The summed E-state index contributed by atoms with van der Waals surface area (Å²) in [6.45, 7) is 8.01. The van der Waals surface area contributed by atoms with Gasteiger partial charge in [-0.2, -0.15) is 13.2 Å². The highest BCUT2D eigenvalue weighted by Crippen LogP contribution is 2.38. The maximum Gasteiger partial charge on any atom is 0.417 e. The van der Waals surface area contributed by atoms with Crippen LogP contribution in [0, 0.1) is 13.8 Å². The van der Waals surface area contributed by atoms with Crippen molar-refractivity contribution in [2.45, 2.75) is 70.2 Å². The lowest BCUT2D eigenvalue weighted by Crippen LogP contribution is -2.56. The molecule has 4 rings (SSSR count). The average molecular weight is 714 g/mol. The summed E-state index contributed by atoms with van der Waals surface area (Å²) >= 11 is 5.89. The highest BCUT2D eigenvalue weighted by Gasteiger charge is 2.38. The first kappa shape index (κ1) is 37.5. The number of alkyl halides is 3. The van der Waals surface area contributed by atoms with Gasteiger partial charge in [0.15, 0.2) is 0 Å². The van der Waals surface area contributed by atoms with E-state index in [2.05, 4.69) is 5.32 Å². The molecule has 1 N–H and O–H groups in total. The first-order valence-electron chi connectivity index (χ1n) is 15.5. The third-order valence-corrected chi connectivity index (χ3v) is 9.92. The number of hydrogen-bond acceptors (Lipinski definition) is 4. The maximum atomic E-state index is 14.6. The van der Waals surface area contributed by atoms with Gasteiger partial charge in [-0.1, -0.05) is 83.9 Å². The Labute approximate surface area is 290 Å². The van der Waals surface area contributed by atoms with E-state index in [1.54, 1.807) is 64.1 Å². The van der Waals surface area contributed by atoms with Gasteiger partial charge < -0.3 is 10.2 Å². The van der Waals surface area contributed by atoms with Gasteiger partial charge in [0, 0.05) is 18.5 Å². The normalized spacial score (nSPS) is 12.7. The summed E-state index contributed by atoms with van der Waals surface area (Å²) in [6, 6.07) is 23.6. The Hall–Kier alpha value is -4.35. The number of rotatable bonds is 11. The molecule has 0 aliphatic rings. The second-order valence-corrected chi connectivity index (χ2v) is 15.1. The summed E-state index contributed by atoms with van der Waals surface area (Å²) in [5, 5.41) is 2.32. The molecular formula is C37H39ClF3N3O4S. The molecule has 49 heavy (non-hydrogen) atoms. The number of hydrogen-bond donors (Lipinski definition) is 1. The van der Waals surface area contributed by atoms with Crippen molar-refractivity contribution in [2.24, 2.45) is 0 Å². The summed E-state index contributed by atoms with van der Waals surface area (Å²) in [4.78, 5) is 29.7. The highest BCUT2D eigenvalue weighted by molar-refractivity contribution is 7.92. The van der Waals surface area contributed by atoms with Crippen molar-refractivity contribution in [2.75, 3.05) is 10.8 Å². The Morgan fingerprint density at radius 3 is 2.06 bits per heavy atom. The van der Waals surface area contributed by atoms with E-state index in [4.69, 9.17) is 11.6 Å². The van der Waals surface area contributed by atoms with Gasteiger partial charge in [0.1, 0.15) is 12.6 Å². The maximum absolute atomic E-state index is 14.6. The van der Waals surface area contributed by atoms with Gasteiger partial charge in [-0.05, 0) is 81.6 Å². The van der Waals surface area contributed by atoms with E-state index in [0.29, 0.717) is 15.9 Å². The Balaban J connectivity index is 1.89. The molecule has 260 valence electrons. The molecule has 0 bridgehead atoms. The molecule has 1 atom stereocenters. The SMILES string of the molecule is Cc1ccc(S(=O)(=O)N(CC(=O)N(Cc2ccccc2C)[C@H](Cc2ccccc2)C(=O)NC(C)(C)C)c2ccc(Cl)c(C(F)(F)F)c2)cc1. The van der Waals surface area contributed by atoms with Crippen LogP contribution < -0.4 is 9.62 Å². The molecule has 0 saturated heterocycles. The molecule has 0 fully saturated rings. The minimum atomic E-state index is -4.90. The molecule has 0 aliphatic heterocycles. The molecule has 0 saturated carbocycles. The summed E-state index contributed by atoms with van der Waals surface area (Å²) in [6.07, 6.45) is -4.82. The van der Waals surface area contributed by atoms with Crippen LogP contribution in [-0.2, 0) is 38.8 Å². The predicted molar refractivity (Wildman–Crippen MR) is 186 cm³/mol. The number of benzene rings is 4. The molecule has 2 amide bonds. The van der Waals surface area contributed by atoms with Crippen molar-refractivity contribution < 1.29 is 31.2 Å².